The van der Waals surface area contributed by atoms with Gasteiger partial charge in [-0.3, -0.25) is 24.6 Å². The fourth-order valence-electron chi connectivity index (χ4n) is 5.02. The molecule has 2 atom stereocenters. The van der Waals surface area contributed by atoms with Crippen LogP contribution in [0.1, 0.15) is 30.0 Å². The lowest BCUT2D eigenvalue weighted by molar-refractivity contribution is -0.173. The van der Waals surface area contributed by atoms with E-state index in [0.717, 1.165) is 0 Å². The Bertz CT molecular complexity index is 1550. The normalized spacial score (nSPS) is 14.8. The number of nitrogens with zero attached hydrogens (tertiary/aromatic N) is 1. The van der Waals surface area contributed by atoms with Crippen molar-refractivity contribution >= 4 is 40.2 Å². The number of amidine groups is 1. The smallest absolute Gasteiger partial charge is 0.378 e. The Morgan fingerprint density at radius 1 is 0.978 bits per heavy atom. The SMILES string of the molecule is CCC(=O)NC(Cc1cccc(C(=N)N2CCOCC2)c1)C(=O)NCC(=O)NC(Cc1c[nH]c2ccccc12)C(=O)C(F)(F)F. The van der Waals surface area contributed by atoms with Gasteiger partial charge in [-0.25, -0.2) is 0 Å². The summed E-state index contributed by atoms with van der Waals surface area (Å²) in [7, 11) is 0. The first-order valence-electron chi connectivity index (χ1n) is 14.5. The summed E-state index contributed by atoms with van der Waals surface area (Å²) in [5, 5.41) is 16.2. The Kier molecular flexibility index (Phi) is 10.9. The number of aromatic amines is 1. The van der Waals surface area contributed by atoms with Crippen molar-refractivity contribution < 1.29 is 37.1 Å². The van der Waals surface area contributed by atoms with Crippen molar-refractivity contribution in [2.45, 2.75) is 44.4 Å². The molecular formula is C31H35F3N6O5. The van der Waals surface area contributed by atoms with Crippen molar-refractivity contribution in [3.8, 4) is 0 Å². The van der Waals surface area contributed by atoms with Gasteiger partial charge in [0.05, 0.1) is 19.8 Å². The minimum atomic E-state index is -5.20. The van der Waals surface area contributed by atoms with Crippen LogP contribution in [0.15, 0.2) is 54.7 Å². The molecule has 5 N–H and O–H groups in total. The molecule has 0 radical (unpaired) electrons. The van der Waals surface area contributed by atoms with Gasteiger partial charge >= 0.3 is 6.18 Å². The average molecular weight is 629 g/mol. The second-order valence-corrected chi connectivity index (χ2v) is 10.6. The van der Waals surface area contributed by atoms with Gasteiger partial charge < -0.3 is 30.6 Å². The third-order valence-electron chi connectivity index (χ3n) is 7.39. The molecule has 2 heterocycles. The van der Waals surface area contributed by atoms with Crippen molar-refractivity contribution in [1.82, 2.24) is 25.8 Å². The summed E-state index contributed by atoms with van der Waals surface area (Å²) in [5.41, 5.74) is 2.32. The Morgan fingerprint density at radius 2 is 1.69 bits per heavy atom. The van der Waals surface area contributed by atoms with E-state index in [9.17, 15) is 32.3 Å². The zero-order valence-electron chi connectivity index (χ0n) is 24.6. The first-order chi connectivity index (χ1) is 21.5. The van der Waals surface area contributed by atoms with E-state index in [1.54, 1.807) is 55.5 Å². The van der Waals surface area contributed by atoms with Crippen LogP contribution in [0.4, 0.5) is 13.2 Å². The molecule has 11 nitrogen and oxygen atoms in total. The van der Waals surface area contributed by atoms with Crippen LogP contribution in [0.2, 0.25) is 0 Å². The molecule has 14 heteroatoms. The highest BCUT2D eigenvalue weighted by Gasteiger charge is 2.44. The van der Waals surface area contributed by atoms with Crippen molar-refractivity contribution in [3.05, 3.63) is 71.4 Å². The number of aromatic nitrogens is 1. The Balaban J connectivity index is 1.42. The number of carbonyl (C=O) groups excluding carboxylic acids is 4. The molecule has 1 aliphatic rings. The lowest BCUT2D eigenvalue weighted by Gasteiger charge is -2.29. The second kappa shape index (κ2) is 14.8. The predicted octanol–water partition coefficient (Wildman–Crippen LogP) is 2.24. The molecule has 0 spiro atoms. The number of rotatable bonds is 12. The van der Waals surface area contributed by atoms with E-state index >= 15 is 0 Å². The summed E-state index contributed by atoms with van der Waals surface area (Å²) >= 11 is 0. The average Bonchev–Trinajstić information content (AvgIpc) is 3.44. The standard InChI is InChI=1S/C31H35F3N6O5/c1-2-26(41)39-25(15-19-6-5-7-20(14-19)29(35)40-10-12-45-13-11-40)30(44)37-18-27(42)38-24(28(43)31(32,33)34)16-21-17-36-23-9-4-3-8-22(21)23/h3-9,14,17,24-25,35-36H,2,10-13,15-16,18H2,1H3,(H,37,44)(H,38,42)(H,39,41). The minimum Gasteiger partial charge on any atom is -0.378 e. The molecule has 45 heavy (non-hydrogen) atoms. The maximum atomic E-state index is 13.4. The zero-order chi connectivity index (χ0) is 32.6. The fraction of sp³-hybridized carbons (Fsp3) is 0.387. The van der Waals surface area contributed by atoms with Crippen LogP contribution in [-0.4, -0.2) is 90.3 Å². The van der Waals surface area contributed by atoms with Gasteiger partial charge in [-0.1, -0.05) is 43.3 Å². The van der Waals surface area contributed by atoms with Crippen LogP contribution < -0.4 is 16.0 Å². The van der Waals surface area contributed by atoms with E-state index in [2.05, 4.69) is 20.9 Å². The van der Waals surface area contributed by atoms with E-state index in [4.69, 9.17) is 10.1 Å². The van der Waals surface area contributed by atoms with Crippen LogP contribution in [0.3, 0.4) is 0 Å². The molecule has 240 valence electrons. The lowest BCUT2D eigenvalue weighted by atomic mass is 10.0. The largest absolute Gasteiger partial charge is 0.452 e. The monoisotopic (exact) mass is 628 g/mol. The number of nitrogens with one attached hydrogen (secondary N) is 5. The molecule has 3 aromatic rings. The number of fused-ring (bicyclic) bond motifs is 1. The highest BCUT2D eigenvalue weighted by molar-refractivity contribution is 5.97. The third-order valence-corrected chi connectivity index (χ3v) is 7.39. The van der Waals surface area contributed by atoms with Gasteiger partial charge in [0.2, 0.25) is 17.7 Å². The Labute approximate surface area is 257 Å². The zero-order valence-corrected chi connectivity index (χ0v) is 24.6. The molecule has 1 aliphatic heterocycles. The van der Waals surface area contributed by atoms with Crippen LogP contribution in [0.5, 0.6) is 0 Å². The molecule has 0 bridgehead atoms. The quantitative estimate of drug-likeness (QED) is 0.153. The van der Waals surface area contributed by atoms with Crippen LogP contribution in [-0.2, 0) is 36.8 Å². The van der Waals surface area contributed by atoms with E-state index in [0.29, 0.717) is 59.7 Å². The van der Waals surface area contributed by atoms with Gasteiger partial charge in [-0.05, 0) is 23.3 Å². The molecular weight excluding hydrogens is 593 g/mol. The number of halogens is 3. The van der Waals surface area contributed by atoms with Gasteiger partial charge in [-0.15, -0.1) is 0 Å². The highest BCUT2D eigenvalue weighted by atomic mass is 19.4. The van der Waals surface area contributed by atoms with E-state index in [1.165, 1.54) is 6.20 Å². The number of hydrogen-bond acceptors (Lipinski definition) is 6. The molecule has 1 aromatic heterocycles. The lowest BCUT2D eigenvalue weighted by Crippen LogP contribution is -2.53. The fourth-order valence-corrected chi connectivity index (χ4v) is 5.02. The third kappa shape index (κ3) is 8.91. The number of benzene rings is 2. The summed E-state index contributed by atoms with van der Waals surface area (Å²) in [6.07, 6.45) is -4.03. The minimum absolute atomic E-state index is 0.0270. The van der Waals surface area contributed by atoms with Crippen molar-refractivity contribution in [1.29, 1.82) is 5.41 Å². The van der Waals surface area contributed by atoms with Crippen LogP contribution in [0, 0.1) is 5.41 Å². The summed E-state index contributed by atoms with van der Waals surface area (Å²) in [6.45, 7) is 3.03. The van der Waals surface area contributed by atoms with E-state index in [1.807, 2.05) is 4.90 Å². The van der Waals surface area contributed by atoms with E-state index < -0.39 is 54.7 Å². The van der Waals surface area contributed by atoms with Gasteiger partial charge in [0.1, 0.15) is 17.9 Å². The number of H-pyrrole nitrogens is 1. The number of para-hydroxylation sites is 1. The molecule has 1 fully saturated rings. The summed E-state index contributed by atoms with van der Waals surface area (Å²) < 4.78 is 45.6. The number of alkyl halides is 3. The molecule has 2 aromatic carbocycles. The maximum absolute atomic E-state index is 13.4. The molecule has 0 aliphatic carbocycles. The van der Waals surface area contributed by atoms with Crippen molar-refractivity contribution in [2.75, 3.05) is 32.8 Å². The molecule has 4 rings (SSSR count). The first-order valence-corrected chi connectivity index (χ1v) is 14.5. The molecule has 3 amide bonds. The topological polar surface area (TPSA) is 156 Å². The molecule has 0 saturated carbocycles. The van der Waals surface area contributed by atoms with Gasteiger partial charge in [0, 0.05) is 55.0 Å². The number of hydrogen-bond donors (Lipinski definition) is 5. The number of ether oxygens (including phenoxy) is 1. The maximum Gasteiger partial charge on any atom is 0.452 e. The van der Waals surface area contributed by atoms with E-state index in [-0.39, 0.29) is 12.8 Å². The van der Waals surface area contributed by atoms with Crippen LogP contribution >= 0.6 is 0 Å². The first kappa shape index (κ1) is 33.2. The van der Waals surface area contributed by atoms with Crippen LogP contribution in [0.25, 0.3) is 10.9 Å². The Hall–Kier alpha value is -4.72. The van der Waals surface area contributed by atoms with Crippen molar-refractivity contribution in [2.24, 2.45) is 0 Å². The number of carbonyl (C=O) groups is 4. The summed E-state index contributed by atoms with van der Waals surface area (Å²) in [6, 6.07) is 10.8. The summed E-state index contributed by atoms with van der Waals surface area (Å²) in [4.78, 5) is 55.1. The predicted molar refractivity (Wildman–Crippen MR) is 160 cm³/mol. The number of amides is 3. The Morgan fingerprint density at radius 3 is 2.40 bits per heavy atom. The van der Waals surface area contributed by atoms with Gasteiger partial charge in [-0.2, -0.15) is 13.2 Å². The summed E-state index contributed by atoms with van der Waals surface area (Å²) in [5.74, 6) is -4.00. The van der Waals surface area contributed by atoms with Gasteiger partial charge in [0.15, 0.2) is 0 Å². The molecule has 1 saturated heterocycles. The second-order valence-electron chi connectivity index (χ2n) is 10.6. The molecule has 2 unspecified atom stereocenters. The number of Topliss-reactive ketones (excluding diaryl/α,β-unsaturated/α-hetero) is 1. The highest BCUT2D eigenvalue weighted by Crippen LogP contribution is 2.23. The number of ketones is 1. The van der Waals surface area contributed by atoms with Gasteiger partial charge in [0.25, 0.3) is 5.78 Å². The van der Waals surface area contributed by atoms with Crippen molar-refractivity contribution in [3.63, 3.8) is 0 Å². The number of morpholine rings is 1.